The molecule has 1 aliphatic heterocycles. The monoisotopic (exact) mass is 173 g/mol. The molecule has 0 aromatic rings. The van der Waals surface area contributed by atoms with Crippen LogP contribution < -0.4 is 0 Å². The Morgan fingerprint density at radius 1 is 1.50 bits per heavy atom. The van der Waals surface area contributed by atoms with Crippen LogP contribution >= 0.6 is 0 Å². The van der Waals surface area contributed by atoms with E-state index in [2.05, 4.69) is 20.8 Å². The summed E-state index contributed by atoms with van der Waals surface area (Å²) in [4.78, 5) is 5.43. The quantitative estimate of drug-likeness (QED) is 0.643. The van der Waals surface area contributed by atoms with E-state index < -0.39 is 0 Å². The van der Waals surface area contributed by atoms with E-state index >= 15 is 0 Å². The molecule has 1 N–H and O–H groups in total. The smallest absolute Gasteiger partial charge is 0.104 e. The maximum Gasteiger partial charge on any atom is 0.104 e. The summed E-state index contributed by atoms with van der Waals surface area (Å²) in [5.41, 5.74) is 0.221. The Morgan fingerprint density at radius 2 is 2.08 bits per heavy atom. The number of hydrogen-bond donors (Lipinski definition) is 1. The molecule has 0 bridgehead atoms. The van der Waals surface area contributed by atoms with Gasteiger partial charge in [-0.3, -0.25) is 4.84 Å². The first kappa shape index (κ1) is 9.96. The number of hydroxylamine groups is 2. The minimum Gasteiger partial charge on any atom is -0.394 e. The van der Waals surface area contributed by atoms with Crippen LogP contribution in [-0.4, -0.2) is 36.0 Å². The molecule has 0 radical (unpaired) electrons. The lowest BCUT2D eigenvalue weighted by Gasteiger charge is -2.30. The molecule has 0 aliphatic carbocycles. The lowest BCUT2D eigenvalue weighted by atomic mass is 9.84. The Bertz CT molecular complexity index is 153. The zero-order valence-electron chi connectivity index (χ0n) is 8.37. The Morgan fingerprint density at radius 3 is 2.33 bits per heavy atom. The van der Waals surface area contributed by atoms with E-state index in [4.69, 9.17) is 9.94 Å². The van der Waals surface area contributed by atoms with E-state index in [1.807, 2.05) is 12.1 Å². The van der Waals surface area contributed by atoms with Gasteiger partial charge in [-0.25, -0.2) is 0 Å². The second-order valence-corrected chi connectivity index (χ2v) is 4.57. The molecule has 72 valence electrons. The molecule has 3 heteroatoms. The highest BCUT2D eigenvalue weighted by Crippen LogP contribution is 2.32. The van der Waals surface area contributed by atoms with Crippen molar-refractivity contribution in [1.82, 2.24) is 5.06 Å². The third-order valence-electron chi connectivity index (χ3n) is 2.44. The summed E-state index contributed by atoms with van der Waals surface area (Å²) in [5, 5.41) is 10.8. The van der Waals surface area contributed by atoms with E-state index in [1.165, 1.54) is 0 Å². The molecule has 12 heavy (non-hydrogen) atoms. The third kappa shape index (κ3) is 1.97. The first-order valence-corrected chi connectivity index (χ1v) is 4.45. The fraction of sp³-hybridized carbons (Fsp3) is 1.00. The van der Waals surface area contributed by atoms with Crippen LogP contribution in [0.3, 0.4) is 0 Å². The van der Waals surface area contributed by atoms with Gasteiger partial charge in [0.1, 0.15) is 6.10 Å². The predicted octanol–water partition coefficient (Wildman–Crippen LogP) is 1.03. The highest BCUT2D eigenvalue weighted by Gasteiger charge is 2.37. The van der Waals surface area contributed by atoms with Gasteiger partial charge in [-0.05, 0) is 11.8 Å². The highest BCUT2D eigenvalue weighted by molar-refractivity contribution is 4.85. The van der Waals surface area contributed by atoms with Crippen LogP contribution in [0.25, 0.3) is 0 Å². The van der Waals surface area contributed by atoms with Crippen LogP contribution in [0.5, 0.6) is 0 Å². The van der Waals surface area contributed by atoms with Gasteiger partial charge in [-0.15, -0.1) is 0 Å². The normalized spacial score (nSPS) is 32.8. The first-order valence-electron chi connectivity index (χ1n) is 4.45. The van der Waals surface area contributed by atoms with Gasteiger partial charge in [-0.2, -0.15) is 5.06 Å². The molecule has 0 saturated carbocycles. The summed E-state index contributed by atoms with van der Waals surface area (Å²) < 4.78 is 0. The molecule has 2 atom stereocenters. The predicted molar refractivity (Wildman–Crippen MR) is 47.6 cm³/mol. The zero-order valence-corrected chi connectivity index (χ0v) is 8.37. The zero-order chi connectivity index (χ0) is 9.35. The number of aliphatic hydroxyl groups is 1. The van der Waals surface area contributed by atoms with Crippen molar-refractivity contribution in [3.63, 3.8) is 0 Å². The maximum atomic E-state index is 8.92. The van der Waals surface area contributed by atoms with Gasteiger partial charge in [0.2, 0.25) is 0 Å². The van der Waals surface area contributed by atoms with Crippen LogP contribution in [0.15, 0.2) is 0 Å². The van der Waals surface area contributed by atoms with Gasteiger partial charge >= 0.3 is 0 Å². The molecular weight excluding hydrogens is 154 g/mol. The van der Waals surface area contributed by atoms with Gasteiger partial charge in [0, 0.05) is 13.1 Å². The van der Waals surface area contributed by atoms with E-state index in [1.54, 1.807) is 0 Å². The molecule has 1 fully saturated rings. The van der Waals surface area contributed by atoms with Crippen molar-refractivity contribution in [1.29, 1.82) is 0 Å². The minimum atomic E-state index is -0.000718. The van der Waals surface area contributed by atoms with Crippen LogP contribution in [0.1, 0.15) is 27.2 Å². The molecule has 0 aromatic carbocycles. The van der Waals surface area contributed by atoms with Crippen molar-refractivity contribution < 1.29 is 9.94 Å². The summed E-state index contributed by atoms with van der Waals surface area (Å²) >= 11 is 0. The lowest BCUT2D eigenvalue weighted by molar-refractivity contribution is -0.164. The van der Waals surface area contributed by atoms with Gasteiger partial charge in [0.05, 0.1) is 6.61 Å². The molecule has 0 amide bonds. The van der Waals surface area contributed by atoms with Crippen molar-refractivity contribution in [2.24, 2.45) is 5.41 Å². The topological polar surface area (TPSA) is 32.7 Å². The second kappa shape index (κ2) is 3.32. The molecule has 3 nitrogen and oxygen atoms in total. The van der Waals surface area contributed by atoms with Crippen LogP contribution in [0.4, 0.5) is 0 Å². The molecule has 2 unspecified atom stereocenters. The molecule has 0 spiro atoms. The number of aliphatic hydroxyl groups excluding tert-OH is 1. The first-order chi connectivity index (χ1) is 5.45. The number of hydrogen-bond acceptors (Lipinski definition) is 3. The van der Waals surface area contributed by atoms with Gasteiger partial charge in [0.15, 0.2) is 0 Å². The Labute approximate surface area is 74.3 Å². The van der Waals surface area contributed by atoms with Crippen molar-refractivity contribution in [2.75, 3.05) is 13.7 Å². The standard InChI is InChI=1S/C9H19NO2/c1-9(2,3)8-5-7(6-11)12-10(8)4/h7-8,11H,5-6H2,1-4H3. The number of rotatable bonds is 1. The fourth-order valence-electron chi connectivity index (χ4n) is 1.76. The second-order valence-electron chi connectivity index (χ2n) is 4.57. The summed E-state index contributed by atoms with van der Waals surface area (Å²) in [7, 11) is 1.94. The molecular formula is C9H19NO2. The largest absolute Gasteiger partial charge is 0.394 e. The Hall–Kier alpha value is -0.120. The van der Waals surface area contributed by atoms with Crippen molar-refractivity contribution >= 4 is 0 Å². The van der Waals surface area contributed by atoms with Crippen LogP contribution in [-0.2, 0) is 4.84 Å². The van der Waals surface area contributed by atoms with Crippen molar-refractivity contribution in [3.8, 4) is 0 Å². The van der Waals surface area contributed by atoms with E-state index in [-0.39, 0.29) is 18.1 Å². The van der Waals surface area contributed by atoms with Crippen LogP contribution in [0, 0.1) is 5.41 Å². The third-order valence-corrected chi connectivity index (χ3v) is 2.44. The summed E-state index contributed by atoms with van der Waals surface area (Å²) in [6.45, 7) is 6.70. The van der Waals surface area contributed by atoms with Gasteiger partial charge in [0.25, 0.3) is 0 Å². The van der Waals surface area contributed by atoms with Crippen molar-refractivity contribution in [3.05, 3.63) is 0 Å². The molecule has 1 saturated heterocycles. The molecule has 1 aliphatic rings. The van der Waals surface area contributed by atoms with E-state index in [0.717, 1.165) is 6.42 Å². The van der Waals surface area contributed by atoms with E-state index in [9.17, 15) is 0 Å². The van der Waals surface area contributed by atoms with Gasteiger partial charge in [-0.1, -0.05) is 20.8 Å². The fourth-order valence-corrected chi connectivity index (χ4v) is 1.76. The van der Waals surface area contributed by atoms with Gasteiger partial charge < -0.3 is 5.11 Å². The summed E-state index contributed by atoms with van der Waals surface area (Å²) in [5.74, 6) is 0. The van der Waals surface area contributed by atoms with E-state index in [0.29, 0.717) is 6.04 Å². The average Bonchev–Trinajstić information content (AvgIpc) is 2.29. The minimum absolute atomic E-state index is 0.000718. The molecule has 1 rings (SSSR count). The summed E-state index contributed by atoms with van der Waals surface area (Å²) in [6.07, 6.45) is 0.926. The highest BCUT2D eigenvalue weighted by atomic mass is 16.7. The van der Waals surface area contributed by atoms with Crippen LogP contribution in [0.2, 0.25) is 0 Å². The maximum absolute atomic E-state index is 8.92. The average molecular weight is 173 g/mol. The number of nitrogens with zero attached hydrogens (tertiary/aromatic N) is 1. The summed E-state index contributed by atoms with van der Waals surface area (Å²) in [6, 6.07) is 0.412. The molecule has 0 aromatic heterocycles. The Balaban J connectivity index is 2.58. The SMILES string of the molecule is CN1OC(CO)CC1C(C)(C)C. The molecule has 1 heterocycles. The lowest BCUT2D eigenvalue weighted by Crippen LogP contribution is -2.35. The Kier molecular flexibility index (Phi) is 2.76. The van der Waals surface area contributed by atoms with Crippen molar-refractivity contribution in [2.45, 2.75) is 39.3 Å².